The number of amides is 2. The lowest BCUT2D eigenvalue weighted by atomic mass is 9.98. The van der Waals surface area contributed by atoms with E-state index in [-0.39, 0.29) is 12.6 Å². The number of piperidine rings is 1. The van der Waals surface area contributed by atoms with E-state index in [1.165, 1.54) is 12.0 Å². The van der Waals surface area contributed by atoms with Gasteiger partial charge in [0, 0.05) is 26.2 Å². The maximum absolute atomic E-state index is 12.0. The number of benzene rings is 1. The number of aliphatic hydroxyl groups excluding tert-OH is 1. The first kappa shape index (κ1) is 16.8. The third kappa shape index (κ3) is 5.68. The molecule has 2 rings (SSSR count). The van der Waals surface area contributed by atoms with Crippen LogP contribution in [-0.4, -0.2) is 42.3 Å². The van der Waals surface area contributed by atoms with E-state index in [1.807, 2.05) is 11.0 Å². The van der Waals surface area contributed by atoms with Crippen molar-refractivity contribution < 1.29 is 9.90 Å². The van der Waals surface area contributed by atoms with Crippen LogP contribution in [0, 0.1) is 5.92 Å². The van der Waals surface area contributed by atoms with Gasteiger partial charge in [-0.2, -0.15) is 0 Å². The highest BCUT2D eigenvalue weighted by molar-refractivity contribution is 5.74. The first-order valence-electron chi connectivity index (χ1n) is 8.47. The first-order chi connectivity index (χ1) is 10.8. The molecule has 122 valence electrons. The van der Waals surface area contributed by atoms with Crippen molar-refractivity contribution in [3.63, 3.8) is 0 Å². The molecule has 0 bridgehead atoms. The van der Waals surface area contributed by atoms with Gasteiger partial charge in [0.2, 0.25) is 0 Å². The summed E-state index contributed by atoms with van der Waals surface area (Å²) in [5.41, 5.74) is 1.39. The number of nitrogens with zero attached hydrogens (tertiary/aromatic N) is 1. The van der Waals surface area contributed by atoms with Gasteiger partial charge in [-0.05, 0) is 43.6 Å². The van der Waals surface area contributed by atoms with Gasteiger partial charge >= 0.3 is 6.03 Å². The number of urea groups is 1. The molecule has 0 saturated carbocycles. The van der Waals surface area contributed by atoms with Crippen molar-refractivity contribution in [3.05, 3.63) is 35.9 Å². The highest BCUT2D eigenvalue weighted by atomic mass is 16.3. The molecule has 0 atom stereocenters. The van der Waals surface area contributed by atoms with Crippen molar-refractivity contribution in [2.45, 2.75) is 38.5 Å². The minimum absolute atomic E-state index is 0.0550. The summed E-state index contributed by atoms with van der Waals surface area (Å²) in [5.74, 6) is 0.377. The Kier molecular flexibility index (Phi) is 7.23. The molecule has 4 heteroatoms. The van der Waals surface area contributed by atoms with Crippen molar-refractivity contribution in [1.29, 1.82) is 0 Å². The number of rotatable bonds is 7. The molecule has 1 aromatic carbocycles. The third-order valence-electron chi connectivity index (χ3n) is 4.42. The summed E-state index contributed by atoms with van der Waals surface area (Å²) in [5, 5.41) is 12.1. The Morgan fingerprint density at radius 2 is 1.86 bits per heavy atom. The average molecular weight is 304 g/mol. The van der Waals surface area contributed by atoms with Crippen LogP contribution >= 0.6 is 0 Å². The fourth-order valence-corrected chi connectivity index (χ4v) is 2.90. The van der Waals surface area contributed by atoms with E-state index in [4.69, 9.17) is 5.11 Å². The van der Waals surface area contributed by atoms with Gasteiger partial charge in [-0.1, -0.05) is 36.8 Å². The van der Waals surface area contributed by atoms with E-state index >= 15 is 0 Å². The summed E-state index contributed by atoms with van der Waals surface area (Å²) in [6.45, 7) is 2.54. The van der Waals surface area contributed by atoms with Crippen LogP contribution in [0.5, 0.6) is 0 Å². The molecule has 1 aliphatic heterocycles. The Labute approximate surface area is 133 Å². The second-order valence-corrected chi connectivity index (χ2v) is 6.14. The standard InChI is InChI=1S/C18H28N2O2/c21-15-17-10-13-20(14-11-17)18(22)19-12-6-2-5-9-16-7-3-1-4-8-16/h1,3-4,7-8,17,21H,2,5-6,9-15H2,(H,19,22). The Bertz CT molecular complexity index is 428. The summed E-state index contributed by atoms with van der Waals surface area (Å²) in [6.07, 6.45) is 6.29. The zero-order valence-electron chi connectivity index (χ0n) is 13.3. The molecule has 1 fully saturated rings. The van der Waals surface area contributed by atoms with Gasteiger partial charge < -0.3 is 15.3 Å². The van der Waals surface area contributed by atoms with Gasteiger partial charge in [0.15, 0.2) is 0 Å². The molecule has 0 unspecified atom stereocenters. The molecule has 0 radical (unpaired) electrons. The van der Waals surface area contributed by atoms with E-state index < -0.39 is 0 Å². The molecule has 1 aromatic rings. The zero-order valence-corrected chi connectivity index (χ0v) is 13.3. The second kappa shape index (κ2) is 9.46. The van der Waals surface area contributed by atoms with E-state index in [0.717, 1.165) is 51.7 Å². The summed E-state index contributed by atoms with van der Waals surface area (Å²) in [7, 11) is 0. The van der Waals surface area contributed by atoms with Crippen LogP contribution in [0.15, 0.2) is 30.3 Å². The molecule has 0 aromatic heterocycles. The molecule has 2 amide bonds. The molecular weight excluding hydrogens is 276 g/mol. The van der Waals surface area contributed by atoms with Gasteiger partial charge in [0.05, 0.1) is 0 Å². The number of unbranched alkanes of at least 4 members (excludes halogenated alkanes) is 2. The predicted molar refractivity (Wildman–Crippen MR) is 88.8 cm³/mol. The highest BCUT2D eigenvalue weighted by Crippen LogP contribution is 2.16. The number of likely N-dealkylation sites (tertiary alicyclic amines) is 1. The third-order valence-corrected chi connectivity index (χ3v) is 4.42. The van der Waals surface area contributed by atoms with Gasteiger partial charge in [0.25, 0.3) is 0 Å². The van der Waals surface area contributed by atoms with Gasteiger partial charge in [-0.15, -0.1) is 0 Å². The van der Waals surface area contributed by atoms with Crippen LogP contribution in [-0.2, 0) is 6.42 Å². The van der Waals surface area contributed by atoms with Crippen LogP contribution < -0.4 is 5.32 Å². The number of carbonyl (C=O) groups is 1. The first-order valence-corrected chi connectivity index (χ1v) is 8.47. The molecule has 2 N–H and O–H groups in total. The fraction of sp³-hybridized carbons (Fsp3) is 0.611. The highest BCUT2D eigenvalue weighted by Gasteiger charge is 2.21. The predicted octanol–water partition coefficient (Wildman–Crippen LogP) is 2.81. The van der Waals surface area contributed by atoms with Crippen molar-refractivity contribution >= 4 is 6.03 Å². The minimum Gasteiger partial charge on any atom is -0.396 e. The zero-order chi connectivity index (χ0) is 15.6. The SMILES string of the molecule is O=C(NCCCCCc1ccccc1)N1CCC(CO)CC1. The van der Waals surface area contributed by atoms with Crippen molar-refractivity contribution in [1.82, 2.24) is 10.2 Å². The number of hydrogen-bond donors (Lipinski definition) is 2. The second-order valence-electron chi connectivity index (χ2n) is 6.14. The van der Waals surface area contributed by atoms with Gasteiger partial charge in [-0.25, -0.2) is 4.79 Å². The van der Waals surface area contributed by atoms with Crippen LogP contribution in [0.4, 0.5) is 4.79 Å². The van der Waals surface area contributed by atoms with E-state index in [1.54, 1.807) is 0 Å². The molecule has 0 aliphatic carbocycles. The fourth-order valence-electron chi connectivity index (χ4n) is 2.90. The number of nitrogens with one attached hydrogen (secondary N) is 1. The number of hydrogen-bond acceptors (Lipinski definition) is 2. The number of carbonyl (C=O) groups excluding carboxylic acids is 1. The molecule has 4 nitrogen and oxygen atoms in total. The lowest BCUT2D eigenvalue weighted by Crippen LogP contribution is -2.45. The molecule has 1 aliphatic rings. The van der Waals surface area contributed by atoms with Gasteiger partial charge in [0.1, 0.15) is 0 Å². The molecule has 22 heavy (non-hydrogen) atoms. The summed E-state index contributed by atoms with van der Waals surface area (Å²) in [6, 6.07) is 10.6. The lowest BCUT2D eigenvalue weighted by Gasteiger charge is -2.31. The number of aryl methyl sites for hydroxylation is 1. The largest absolute Gasteiger partial charge is 0.396 e. The van der Waals surface area contributed by atoms with Crippen LogP contribution in [0.3, 0.4) is 0 Å². The van der Waals surface area contributed by atoms with Crippen molar-refractivity contribution in [2.75, 3.05) is 26.2 Å². The summed E-state index contributed by atoms with van der Waals surface area (Å²) < 4.78 is 0. The van der Waals surface area contributed by atoms with E-state index in [0.29, 0.717) is 5.92 Å². The lowest BCUT2D eigenvalue weighted by molar-refractivity contribution is 0.137. The summed E-state index contributed by atoms with van der Waals surface area (Å²) in [4.78, 5) is 13.9. The molecule has 1 saturated heterocycles. The van der Waals surface area contributed by atoms with Crippen molar-refractivity contribution in [3.8, 4) is 0 Å². The smallest absolute Gasteiger partial charge is 0.317 e. The molecule has 1 heterocycles. The number of aliphatic hydroxyl groups is 1. The maximum Gasteiger partial charge on any atom is 0.317 e. The monoisotopic (exact) mass is 304 g/mol. The maximum atomic E-state index is 12.0. The Morgan fingerprint density at radius 1 is 1.14 bits per heavy atom. The molecular formula is C18H28N2O2. The Hall–Kier alpha value is -1.55. The van der Waals surface area contributed by atoms with Crippen LogP contribution in [0.25, 0.3) is 0 Å². The van der Waals surface area contributed by atoms with E-state index in [9.17, 15) is 4.79 Å². The normalized spacial score (nSPS) is 15.8. The van der Waals surface area contributed by atoms with Crippen LogP contribution in [0.1, 0.15) is 37.7 Å². The van der Waals surface area contributed by atoms with Crippen LogP contribution in [0.2, 0.25) is 0 Å². The Morgan fingerprint density at radius 3 is 2.55 bits per heavy atom. The topological polar surface area (TPSA) is 52.6 Å². The Balaban J connectivity index is 1.50. The van der Waals surface area contributed by atoms with E-state index in [2.05, 4.69) is 29.6 Å². The average Bonchev–Trinajstić information content (AvgIpc) is 2.58. The minimum atomic E-state index is 0.0550. The van der Waals surface area contributed by atoms with Gasteiger partial charge in [-0.3, -0.25) is 0 Å². The quantitative estimate of drug-likeness (QED) is 0.761. The van der Waals surface area contributed by atoms with Crippen molar-refractivity contribution in [2.24, 2.45) is 5.92 Å². The molecule has 0 spiro atoms. The summed E-state index contributed by atoms with van der Waals surface area (Å²) >= 11 is 0.